The highest BCUT2D eigenvalue weighted by Gasteiger charge is 2.16. The van der Waals surface area contributed by atoms with Crippen LogP contribution in [-0.2, 0) is 21.2 Å². The molecular formula is C17H23ClN2O4S2. The molecule has 3 N–H and O–H groups in total. The molecule has 9 heteroatoms. The van der Waals surface area contributed by atoms with Crippen molar-refractivity contribution in [1.82, 2.24) is 5.32 Å². The quantitative estimate of drug-likeness (QED) is 0.684. The Labute approximate surface area is 164 Å². The van der Waals surface area contributed by atoms with Gasteiger partial charge < -0.3 is 15.8 Å². The number of hydrogen-bond acceptors (Lipinski definition) is 6. The Bertz CT molecular complexity index is 820. The minimum Gasteiger partial charge on any atom is -0.497 e. The van der Waals surface area contributed by atoms with Crippen molar-refractivity contribution in [3.05, 3.63) is 41.3 Å². The van der Waals surface area contributed by atoms with Gasteiger partial charge in [-0.3, -0.25) is 4.79 Å². The van der Waals surface area contributed by atoms with E-state index in [0.29, 0.717) is 6.54 Å². The van der Waals surface area contributed by atoms with Crippen molar-refractivity contribution in [3.8, 4) is 16.2 Å². The van der Waals surface area contributed by atoms with Crippen molar-refractivity contribution in [1.29, 1.82) is 0 Å². The van der Waals surface area contributed by atoms with E-state index in [9.17, 15) is 13.2 Å². The molecule has 0 spiro atoms. The number of ether oxygens (including phenoxy) is 1. The van der Waals surface area contributed by atoms with E-state index in [4.69, 9.17) is 10.5 Å². The molecule has 0 fully saturated rings. The zero-order valence-electron chi connectivity index (χ0n) is 14.6. The van der Waals surface area contributed by atoms with Crippen molar-refractivity contribution in [2.24, 2.45) is 5.73 Å². The van der Waals surface area contributed by atoms with E-state index in [1.807, 2.05) is 36.4 Å². The summed E-state index contributed by atoms with van der Waals surface area (Å²) in [7, 11) is -1.49. The monoisotopic (exact) mass is 418 g/mol. The highest BCUT2D eigenvalue weighted by atomic mass is 35.5. The molecule has 2 aromatic rings. The van der Waals surface area contributed by atoms with Gasteiger partial charge in [-0.05, 0) is 48.4 Å². The fraction of sp³-hybridized carbons (Fsp3) is 0.353. The van der Waals surface area contributed by atoms with Crippen LogP contribution in [0.4, 0.5) is 0 Å². The Hall–Kier alpha value is -1.61. The van der Waals surface area contributed by atoms with Crippen LogP contribution < -0.4 is 15.8 Å². The van der Waals surface area contributed by atoms with Crippen molar-refractivity contribution >= 4 is 39.5 Å². The molecule has 1 aromatic heterocycles. The highest BCUT2D eigenvalue weighted by molar-refractivity contribution is 7.90. The summed E-state index contributed by atoms with van der Waals surface area (Å²) in [5.74, 6) is 0.362. The van der Waals surface area contributed by atoms with Gasteiger partial charge in [-0.25, -0.2) is 8.42 Å². The highest BCUT2D eigenvalue weighted by Crippen LogP contribution is 2.29. The van der Waals surface area contributed by atoms with Gasteiger partial charge in [0.2, 0.25) is 5.91 Å². The number of nitrogens with two attached hydrogens (primary N) is 1. The second-order valence-corrected chi connectivity index (χ2v) is 9.17. The summed E-state index contributed by atoms with van der Waals surface area (Å²) in [6.45, 7) is 0.367. The SMILES string of the molecule is COc1ccc(-c2ccc(CNC(=O)C(N)CCS(C)(=O)=O)s2)cc1.Cl. The number of benzene rings is 1. The summed E-state index contributed by atoms with van der Waals surface area (Å²) in [6.07, 6.45) is 1.25. The number of sulfone groups is 1. The van der Waals surface area contributed by atoms with Crippen LogP contribution in [-0.4, -0.2) is 39.5 Å². The van der Waals surface area contributed by atoms with E-state index < -0.39 is 15.9 Å². The van der Waals surface area contributed by atoms with E-state index in [1.54, 1.807) is 18.4 Å². The summed E-state index contributed by atoms with van der Waals surface area (Å²) in [6, 6.07) is 10.9. The summed E-state index contributed by atoms with van der Waals surface area (Å²) >= 11 is 1.58. The topological polar surface area (TPSA) is 98.5 Å². The third-order valence-electron chi connectivity index (χ3n) is 3.61. The average Bonchev–Trinajstić information content (AvgIpc) is 3.06. The first-order valence-electron chi connectivity index (χ1n) is 7.72. The van der Waals surface area contributed by atoms with Crippen LogP contribution in [0.3, 0.4) is 0 Å². The number of halogens is 1. The predicted molar refractivity (Wildman–Crippen MR) is 108 cm³/mol. The van der Waals surface area contributed by atoms with E-state index in [1.165, 1.54) is 0 Å². The van der Waals surface area contributed by atoms with Gasteiger partial charge in [-0.1, -0.05) is 0 Å². The summed E-state index contributed by atoms with van der Waals surface area (Å²) in [5, 5.41) is 2.75. The van der Waals surface area contributed by atoms with Gasteiger partial charge in [-0.2, -0.15) is 0 Å². The molecule has 6 nitrogen and oxygen atoms in total. The summed E-state index contributed by atoms with van der Waals surface area (Å²) in [5.41, 5.74) is 6.80. The van der Waals surface area contributed by atoms with Crippen molar-refractivity contribution in [2.75, 3.05) is 19.1 Å². The summed E-state index contributed by atoms with van der Waals surface area (Å²) < 4.78 is 27.4. The van der Waals surface area contributed by atoms with Gasteiger partial charge in [-0.15, -0.1) is 23.7 Å². The smallest absolute Gasteiger partial charge is 0.237 e. The number of carbonyl (C=O) groups is 1. The van der Waals surface area contributed by atoms with E-state index in [-0.39, 0.29) is 30.5 Å². The maximum Gasteiger partial charge on any atom is 0.237 e. The number of methoxy groups -OCH3 is 1. The van der Waals surface area contributed by atoms with E-state index >= 15 is 0 Å². The van der Waals surface area contributed by atoms with Gasteiger partial charge in [0.25, 0.3) is 0 Å². The molecule has 0 aliphatic carbocycles. The number of rotatable bonds is 8. The Morgan fingerprint density at radius 1 is 1.23 bits per heavy atom. The van der Waals surface area contributed by atoms with Crippen LogP contribution >= 0.6 is 23.7 Å². The molecule has 1 unspecified atom stereocenters. The van der Waals surface area contributed by atoms with Crippen LogP contribution in [0.1, 0.15) is 11.3 Å². The fourth-order valence-corrected chi connectivity index (χ4v) is 3.80. The molecule has 0 aliphatic heterocycles. The molecule has 1 heterocycles. The van der Waals surface area contributed by atoms with E-state index in [0.717, 1.165) is 27.3 Å². The maximum atomic E-state index is 11.9. The van der Waals surface area contributed by atoms with Gasteiger partial charge in [0.05, 0.1) is 25.4 Å². The standard InChI is InChI=1S/C17H22N2O4S2.ClH/c1-23-13-5-3-12(4-6-13)16-8-7-14(24-16)11-19-17(20)15(18)9-10-25(2,21)22;/h3-8,15H,9-11,18H2,1-2H3,(H,19,20);1H. The van der Waals surface area contributed by atoms with Gasteiger partial charge in [0, 0.05) is 16.0 Å². The second-order valence-electron chi connectivity index (χ2n) is 5.74. The first-order valence-corrected chi connectivity index (χ1v) is 10.6. The normalized spacial score (nSPS) is 12.1. The van der Waals surface area contributed by atoms with Crippen LogP contribution in [0.5, 0.6) is 5.75 Å². The molecule has 0 bridgehead atoms. The minimum atomic E-state index is -3.12. The zero-order valence-corrected chi connectivity index (χ0v) is 17.0. The number of carbonyl (C=O) groups excluding carboxylic acids is 1. The molecule has 1 aromatic carbocycles. The minimum absolute atomic E-state index is 0. The predicted octanol–water partition coefficient (Wildman–Crippen LogP) is 2.22. The molecule has 0 saturated carbocycles. The lowest BCUT2D eigenvalue weighted by Crippen LogP contribution is -2.41. The van der Waals surface area contributed by atoms with Gasteiger partial charge in [0.1, 0.15) is 15.6 Å². The van der Waals surface area contributed by atoms with Crippen LogP contribution in [0.25, 0.3) is 10.4 Å². The molecule has 2 rings (SSSR count). The largest absolute Gasteiger partial charge is 0.497 e. The number of nitrogens with one attached hydrogen (secondary N) is 1. The molecule has 144 valence electrons. The lowest BCUT2D eigenvalue weighted by Gasteiger charge is -2.11. The zero-order chi connectivity index (χ0) is 18.4. The van der Waals surface area contributed by atoms with Crippen LogP contribution in [0.2, 0.25) is 0 Å². The lowest BCUT2D eigenvalue weighted by atomic mass is 10.2. The van der Waals surface area contributed by atoms with E-state index in [2.05, 4.69) is 5.32 Å². The molecule has 0 aliphatic rings. The van der Waals surface area contributed by atoms with Crippen molar-refractivity contribution < 1.29 is 17.9 Å². The van der Waals surface area contributed by atoms with Gasteiger partial charge >= 0.3 is 0 Å². The van der Waals surface area contributed by atoms with Crippen molar-refractivity contribution in [3.63, 3.8) is 0 Å². The number of amides is 1. The average molecular weight is 419 g/mol. The van der Waals surface area contributed by atoms with Gasteiger partial charge in [0.15, 0.2) is 0 Å². The molecule has 26 heavy (non-hydrogen) atoms. The Balaban J connectivity index is 0.00000338. The Morgan fingerprint density at radius 3 is 2.46 bits per heavy atom. The molecular weight excluding hydrogens is 396 g/mol. The van der Waals surface area contributed by atoms with Crippen LogP contribution in [0, 0.1) is 0 Å². The Morgan fingerprint density at radius 2 is 1.88 bits per heavy atom. The molecule has 1 amide bonds. The first kappa shape index (κ1) is 22.4. The number of hydrogen-bond donors (Lipinski definition) is 2. The second kappa shape index (κ2) is 9.91. The molecule has 0 saturated heterocycles. The fourth-order valence-electron chi connectivity index (χ4n) is 2.16. The van der Waals surface area contributed by atoms with Crippen molar-refractivity contribution in [2.45, 2.75) is 19.0 Å². The third-order valence-corrected chi connectivity index (χ3v) is 5.72. The van der Waals surface area contributed by atoms with Crippen LogP contribution in [0.15, 0.2) is 36.4 Å². The third kappa shape index (κ3) is 6.95. The Kier molecular flexibility index (Phi) is 8.55. The molecule has 1 atom stereocenters. The summed E-state index contributed by atoms with van der Waals surface area (Å²) in [4.78, 5) is 14.0. The number of thiophene rings is 1. The first-order chi connectivity index (χ1) is 11.8. The lowest BCUT2D eigenvalue weighted by molar-refractivity contribution is -0.122. The molecule has 0 radical (unpaired) electrons. The maximum absolute atomic E-state index is 11.9.